The van der Waals surface area contributed by atoms with E-state index in [9.17, 15) is 29.7 Å². The highest BCUT2D eigenvalue weighted by Crippen LogP contribution is 2.39. The summed E-state index contributed by atoms with van der Waals surface area (Å²) in [7, 11) is 0. The van der Waals surface area contributed by atoms with Crippen molar-refractivity contribution in [3.63, 3.8) is 0 Å². The fraction of sp³-hybridized carbons (Fsp3) is 0.400. The van der Waals surface area contributed by atoms with Crippen LogP contribution in [0.3, 0.4) is 0 Å². The zero-order chi connectivity index (χ0) is 41.0. The van der Waals surface area contributed by atoms with E-state index in [-0.39, 0.29) is 36.9 Å². The zero-order valence-corrected chi connectivity index (χ0v) is 34.1. The third kappa shape index (κ3) is 8.25. The Morgan fingerprint density at radius 2 is 0.667 bits per heavy atom. The molecule has 0 radical (unpaired) electrons. The summed E-state index contributed by atoms with van der Waals surface area (Å²) in [6, 6.07) is 10.5. The molecule has 0 atom stereocenters. The van der Waals surface area contributed by atoms with Gasteiger partial charge in [-0.25, -0.2) is 28.1 Å². The maximum Gasteiger partial charge on any atom is 0.336 e. The van der Waals surface area contributed by atoms with E-state index in [0.717, 1.165) is 13.7 Å². The zero-order valence-electron chi connectivity index (χ0n) is 34.1. The third-order valence-corrected chi connectivity index (χ3v) is 9.72. The molecule has 0 fully saturated rings. The molecule has 0 aliphatic carbocycles. The van der Waals surface area contributed by atoms with E-state index in [1.807, 2.05) is 62.3 Å². The van der Waals surface area contributed by atoms with Gasteiger partial charge >= 0.3 is 17.1 Å². The van der Waals surface area contributed by atoms with Gasteiger partial charge in [0.05, 0.1) is 19.6 Å². The van der Waals surface area contributed by atoms with E-state index in [1.165, 1.54) is 0 Å². The molecule has 0 spiro atoms. The van der Waals surface area contributed by atoms with Gasteiger partial charge in [0.25, 0.3) is 0 Å². The smallest absolute Gasteiger partial charge is 0.336 e. The van der Waals surface area contributed by atoms with Crippen molar-refractivity contribution in [2.45, 2.75) is 119 Å². The lowest BCUT2D eigenvalue weighted by atomic mass is 9.83. The number of phenolic OH excluding ortho intramolecular Hbond substituents is 3. The van der Waals surface area contributed by atoms with Crippen molar-refractivity contribution in [1.29, 1.82) is 0 Å². The van der Waals surface area contributed by atoms with Gasteiger partial charge < -0.3 is 15.3 Å². The predicted molar refractivity (Wildman–Crippen MR) is 221 cm³/mol. The number of hydrogen-bond acceptors (Lipinski definition) is 6. The van der Waals surface area contributed by atoms with E-state index in [0.29, 0.717) is 66.8 Å². The van der Waals surface area contributed by atoms with Crippen molar-refractivity contribution in [2.24, 2.45) is 0 Å². The summed E-state index contributed by atoms with van der Waals surface area (Å²) in [5, 5.41) is 33.5. The molecule has 0 saturated heterocycles. The highest BCUT2D eigenvalue weighted by molar-refractivity contribution is 5.71. The van der Waals surface area contributed by atoms with Gasteiger partial charge in [-0.05, 0) is 107 Å². The van der Waals surface area contributed by atoms with Crippen LogP contribution in [0, 0.1) is 0 Å². The van der Waals surface area contributed by atoms with Crippen LogP contribution in [0.4, 0.5) is 0 Å². The molecule has 9 nitrogen and oxygen atoms in total. The number of nitrogens with zero attached hydrogens (tertiary/aromatic N) is 3. The molecule has 0 amide bonds. The van der Waals surface area contributed by atoms with Gasteiger partial charge in [0.1, 0.15) is 17.2 Å². The molecular formula is C45H57N3O6. The first-order valence-corrected chi connectivity index (χ1v) is 18.2. The number of aromatic nitrogens is 3. The molecular weight excluding hydrogens is 679 g/mol. The Hall–Kier alpha value is -5.31. The van der Waals surface area contributed by atoms with Crippen LogP contribution in [-0.4, -0.2) is 29.0 Å². The average molecular weight is 736 g/mol. The Morgan fingerprint density at radius 1 is 0.463 bits per heavy atom. The van der Waals surface area contributed by atoms with Crippen LogP contribution in [0.25, 0.3) is 16.7 Å². The summed E-state index contributed by atoms with van der Waals surface area (Å²) in [6.07, 6.45) is 0. The monoisotopic (exact) mass is 735 g/mol. The van der Waals surface area contributed by atoms with Gasteiger partial charge in [0.2, 0.25) is 0 Å². The second kappa shape index (κ2) is 14.5. The van der Waals surface area contributed by atoms with Gasteiger partial charge in [-0.15, -0.1) is 0 Å². The summed E-state index contributed by atoms with van der Waals surface area (Å²) in [5.41, 5.74) is 3.02. The minimum atomic E-state index is -0.811. The quantitative estimate of drug-likeness (QED) is 0.159. The van der Waals surface area contributed by atoms with Gasteiger partial charge in [-0.1, -0.05) is 82.1 Å². The minimum Gasteiger partial charge on any atom is -0.507 e. The Morgan fingerprint density at radius 3 is 0.833 bits per heavy atom. The molecule has 1 aromatic heterocycles. The molecule has 9 heteroatoms. The molecule has 0 aliphatic rings. The van der Waals surface area contributed by atoms with Gasteiger partial charge in [0, 0.05) is 33.4 Å². The molecule has 0 unspecified atom stereocenters. The Kier molecular flexibility index (Phi) is 11.1. The van der Waals surface area contributed by atoms with Crippen molar-refractivity contribution in [2.75, 3.05) is 0 Å². The van der Waals surface area contributed by atoms with Crippen LogP contribution < -0.4 is 17.1 Å². The minimum absolute atomic E-state index is 0.0825. The molecule has 4 aromatic rings. The number of allylic oxidation sites excluding steroid dienone is 3. The van der Waals surface area contributed by atoms with Crippen LogP contribution in [0.15, 0.2) is 70.5 Å². The first-order chi connectivity index (χ1) is 24.6. The van der Waals surface area contributed by atoms with Crippen molar-refractivity contribution < 1.29 is 15.3 Å². The average Bonchev–Trinajstić information content (AvgIpc) is 3.03. The van der Waals surface area contributed by atoms with E-state index < -0.39 is 33.3 Å². The van der Waals surface area contributed by atoms with Crippen molar-refractivity contribution in [3.8, 4) is 17.2 Å². The van der Waals surface area contributed by atoms with Gasteiger partial charge in [-0.2, -0.15) is 0 Å². The first kappa shape index (κ1) is 41.4. The second-order valence-electron chi connectivity index (χ2n) is 17.8. The number of rotatable bonds is 9. The Bertz CT molecular complexity index is 2090. The molecule has 54 heavy (non-hydrogen) atoms. The molecule has 3 N–H and O–H groups in total. The molecule has 0 aliphatic heterocycles. The lowest BCUT2D eigenvalue weighted by Gasteiger charge is -2.25. The van der Waals surface area contributed by atoms with Crippen LogP contribution in [0.5, 0.6) is 17.2 Å². The fourth-order valence-corrected chi connectivity index (χ4v) is 6.68. The van der Waals surface area contributed by atoms with Crippen LogP contribution in [-0.2, 0) is 35.9 Å². The predicted octanol–water partition coefficient (Wildman–Crippen LogP) is 8.43. The number of phenols is 3. The number of aromatic hydroxyl groups is 3. The summed E-state index contributed by atoms with van der Waals surface area (Å²) in [6.45, 7) is 34.5. The maximum atomic E-state index is 14.5. The maximum absolute atomic E-state index is 14.5. The third-order valence-electron chi connectivity index (χ3n) is 9.72. The summed E-state index contributed by atoms with van der Waals surface area (Å²) >= 11 is 0. The van der Waals surface area contributed by atoms with E-state index >= 15 is 0 Å². The molecule has 4 rings (SSSR count). The van der Waals surface area contributed by atoms with E-state index in [4.69, 9.17) is 0 Å². The molecule has 3 aromatic carbocycles. The molecule has 288 valence electrons. The Balaban J connectivity index is 2.08. The van der Waals surface area contributed by atoms with E-state index in [1.54, 1.807) is 57.2 Å². The fourth-order valence-electron chi connectivity index (χ4n) is 6.68. The standard InChI is InChI=1S/C45H57N3O6/c1-25(2)31-16-28(19-34(37(31)49)43(7,8)9)22-46-40(52)47(23-29-17-32(26(3)4)38(50)35(20-29)44(10,11)12)42(54)48(41(46)53)24-30-18-33(27(5)6)39(51)36(21-30)45(13,14)15/h16-21,49-51H,1,3,5,22-24H2,2,4,6-15H3. The highest BCUT2D eigenvalue weighted by Gasteiger charge is 2.27. The van der Waals surface area contributed by atoms with Gasteiger partial charge in [0.15, 0.2) is 0 Å². The first-order valence-electron chi connectivity index (χ1n) is 18.2. The summed E-state index contributed by atoms with van der Waals surface area (Å²) < 4.78 is 3.12. The van der Waals surface area contributed by atoms with Crippen molar-refractivity contribution in [1.82, 2.24) is 13.7 Å². The highest BCUT2D eigenvalue weighted by atomic mass is 16.3. The van der Waals surface area contributed by atoms with Crippen molar-refractivity contribution in [3.05, 3.63) is 138 Å². The lowest BCUT2D eigenvalue weighted by molar-refractivity contribution is 0.443. The summed E-state index contributed by atoms with van der Waals surface area (Å²) in [5.74, 6) is 0.247. The number of hydrogen-bond donors (Lipinski definition) is 3. The SMILES string of the molecule is C=C(C)c1cc(Cn2c(=O)n(Cc3cc(C(=C)C)c(O)c(C(C)(C)C)c3)c(=O)n(Cc3cc(C(=C)C)c(O)c(C(C)(C)C)c3)c2=O)cc(C(C)(C)C)c1O. The largest absolute Gasteiger partial charge is 0.507 e. The topological polar surface area (TPSA) is 127 Å². The molecule has 0 saturated carbocycles. The Labute approximate surface area is 318 Å². The lowest BCUT2D eigenvalue weighted by Crippen LogP contribution is -2.54. The van der Waals surface area contributed by atoms with Crippen LogP contribution >= 0.6 is 0 Å². The van der Waals surface area contributed by atoms with Crippen LogP contribution in [0.2, 0.25) is 0 Å². The number of benzene rings is 3. The summed E-state index contributed by atoms with van der Waals surface area (Å²) in [4.78, 5) is 43.4. The molecule has 0 bridgehead atoms. The normalized spacial score (nSPS) is 12.2. The molecule has 1 heterocycles. The van der Waals surface area contributed by atoms with Crippen molar-refractivity contribution >= 4 is 16.7 Å². The van der Waals surface area contributed by atoms with Crippen LogP contribution in [0.1, 0.15) is 133 Å². The second-order valence-corrected chi connectivity index (χ2v) is 17.8. The van der Waals surface area contributed by atoms with E-state index in [2.05, 4.69) is 19.7 Å². The van der Waals surface area contributed by atoms with Gasteiger partial charge in [-0.3, -0.25) is 0 Å².